The van der Waals surface area contributed by atoms with Crippen LogP contribution in [0.3, 0.4) is 0 Å². The maximum atomic E-state index is 13.1. The monoisotopic (exact) mass is 428 g/mol. The molecule has 4 heterocycles. The lowest BCUT2D eigenvalue weighted by molar-refractivity contribution is 0.383. The minimum Gasteiger partial charge on any atom is -0.352 e. The van der Waals surface area contributed by atoms with E-state index in [2.05, 4.69) is 25.6 Å². The molecule has 30 heavy (non-hydrogen) atoms. The fourth-order valence-electron chi connectivity index (χ4n) is 3.54. The normalized spacial score (nSPS) is 15.4. The summed E-state index contributed by atoms with van der Waals surface area (Å²) in [5.74, 6) is 2.01. The molecular weight excluding hydrogens is 404 g/mol. The summed E-state index contributed by atoms with van der Waals surface area (Å²) in [5, 5.41) is 15.8. The zero-order valence-corrected chi connectivity index (χ0v) is 18.0. The van der Waals surface area contributed by atoms with Gasteiger partial charge in [0.15, 0.2) is 11.6 Å². The molecule has 0 bridgehead atoms. The first-order chi connectivity index (χ1) is 14.4. The highest BCUT2D eigenvalue weighted by Gasteiger charge is 2.33. The maximum absolute atomic E-state index is 13.1. The fourth-order valence-corrected chi connectivity index (χ4v) is 5.36. The Morgan fingerprint density at radius 3 is 2.30 bits per heavy atom. The number of sulfonamides is 1. The van der Waals surface area contributed by atoms with Crippen LogP contribution in [0.4, 0.5) is 17.5 Å². The molecule has 1 fully saturated rings. The highest BCUT2D eigenvalue weighted by atomic mass is 32.2. The van der Waals surface area contributed by atoms with Gasteiger partial charge in [-0.2, -0.15) is 9.40 Å². The number of rotatable bonds is 5. The van der Waals surface area contributed by atoms with Gasteiger partial charge in [0.25, 0.3) is 0 Å². The lowest BCUT2D eigenvalue weighted by atomic mass is 10.3. The van der Waals surface area contributed by atoms with Crippen LogP contribution in [0.2, 0.25) is 0 Å². The van der Waals surface area contributed by atoms with Crippen LogP contribution >= 0.6 is 0 Å². The van der Waals surface area contributed by atoms with E-state index in [4.69, 9.17) is 0 Å². The van der Waals surface area contributed by atoms with Crippen molar-refractivity contribution >= 4 is 27.5 Å². The second-order valence-electron chi connectivity index (χ2n) is 7.13. The number of nitrogens with zero attached hydrogens (tertiary/aromatic N) is 7. The molecular formula is C19H24N8O2S. The SMILES string of the molecule is Cc1nn(C)c(C)c1S(=O)(=O)N1CCN(c2ccc(Nc3ccccn3)nn2)CC1. The number of hydrogen-bond acceptors (Lipinski definition) is 8. The van der Waals surface area contributed by atoms with Crippen LogP contribution in [0.5, 0.6) is 0 Å². The van der Waals surface area contributed by atoms with Crippen molar-refractivity contribution in [2.24, 2.45) is 7.05 Å². The van der Waals surface area contributed by atoms with E-state index in [1.807, 2.05) is 35.2 Å². The first-order valence-electron chi connectivity index (χ1n) is 9.63. The Kier molecular flexibility index (Phi) is 5.39. The Morgan fingerprint density at radius 2 is 1.73 bits per heavy atom. The molecule has 1 saturated heterocycles. The van der Waals surface area contributed by atoms with E-state index in [9.17, 15) is 8.42 Å². The first kappa shape index (κ1) is 20.2. The molecule has 1 aliphatic rings. The Morgan fingerprint density at radius 1 is 0.967 bits per heavy atom. The van der Waals surface area contributed by atoms with Gasteiger partial charge in [0.05, 0.1) is 11.4 Å². The van der Waals surface area contributed by atoms with Crippen molar-refractivity contribution < 1.29 is 8.42 Å². The van der Waals surface area contributed by atoms with Crippen LogP contribution in [-0.2, 0) is 17.1 Å². The zero-order valence-electron chi connectivity index (χ0n) is 17.1. The lowest BCUT2D eigenvalue weighted by Gasteiger charge is -2.34. The molecule has 0 unspecified atom stereocenters. The van der Waals surface area contributed by atoms with Gasteiger partial charge < -0.3 is 10.2 Å². The van der Waals surface area contributed by atoms with E-state index in [1.165, 1.54) is 4.31 Å². The quantitative estimate of drug-likeness (QED) is 0.651. The molecule has 11 heteroatoms. The Bertz CT molecular complexity index is 1120. The second kappa shape index (κ2) is 8.00. The molecule has 4 rings (SSSR count). The van der Waals surface area contributed by atoms with Crippen LogP contribution in [0, 0.1) is 13.8 Å². The average molecular weight is 429 g/mol. The summed E-state index contributed by atoms with van der Waals surface area (Å²) in [6.45, 7) is 5.35. The van der Waals surface area contributed by atoms with Crippen LogP contribution in [0.25, 0.3) is 0 Å². The summed E-state index contributed by atoms with van der Waals surface area (Å²) in [6.07, 6.45) is 1.70. The predicted molar refractivity (Wildman–Crippen MR) is 113 cm³/mol. The third-order valence-electron chi connectivity index (χ3n) is 5.17. The number of hydrogen-bond donors (Lipinski definition) is 1. The van der Waals surface area contributed by atoms with Gasteiger partial charge in [-0.25, -0.2) is 13.4 Å². The second-order valence-corrected chi connectivity index (χ2v) is 9.01. The Labute approximate surface area is 175 Å². The maximum Gasteiger partial charge on any atom is 0.246 e. The number of anilines is 3. The largest absolute Gasteiger partial charge is 0.352 e. The number of aromatic nitrogens is 5. The van der Waals surface area contributed by atoms with Crippen molar-refractivity contribution in [3.63, 3.8) is 0 Å². The molecule has 1 N–H and O–H groups in total. The van der Waals surface area contributed by atoms with Crippen molar-refractivity contribution in [3.8, 4) is 0 Å². The van der Waals surface area contributed by atoms with Gasteiger partial charge in [-0.1, -0.05) is 6.07 Å². The van der Waals surface area contributed by atoms with Crippen molar-refractivity contribution in [1.29, 1.82) is 0 Å². The number of aryl methyl sites for hydroxylation is 2. The summed E-state index contributed by atoms with van der Waals surface area (Å²) in [5.41, 5.74) is 1.18. The molecule has 0 atom stereocenters. The summed E-state index contributed by atoms with van der Waals surface area (Å²) in [7, 11) is -1.82. The van der Waals surface area contributed by atoms with Crippen LogP contribution in [-0.4, -0.2) is 63.9 Å². The van der Waals surface area contributed by atoms with E-state index in [0.29, 0.717) is 59.9 Å². The highest BCUT2D eigenvalue weighted by Crippen LogP contribution is 2.25. The Hall–Kier alpha value is -3.05. The topological polar surface area (TPSA) is 109 Å². The van der Waals surface area contributed by atoms with Crippen molar-refractivity contribution in [3.05, 3.63) is 47.9 Å². The summed E-state index contributed by atoms with van der Waals surface area (Å²) < 4.78 is 29.4. The highest BCUT2D eigenvalue weighted by molar-refractivity contribution is 7.89. The summed E-state index contributed by atoms with van der Waals surface area (Å²) in [4.78, 5) is 6.54. The number of piperazine rings is 1. The molecule has 0 saturated carbocycles. The van der Waals surface area contributed by atoms with Gasteiger partial charge in [-0.3, -0.25) is 4.68 Å². The molecule has 10 nitrogen and oxygen atoms in total. The van der Waals surface area contributed by atoms with Crippen molar-refractivity contribution in [2.75, 3.05) is 36.4 Å². The average Bonchev–Trinajstić information content (AvgIpc) is 3.01. The predicted octanol–water partition coefficient (Wildman–Crippen LogP) is 1.48. The van der Waals surface area contributed by atoms with Gasteiger partial charge in [-0.15, -0.1) is 10.2 Å². The van der Waals surface area contributed by atoms with E-state index >= 15 is 0 Å². The molecule has 3 aromatic heterocycles. The molecule has 0 radical (unpaired) electrons. The first-order valence-corrected chi connectivity index (χ1v) is 11.1. The molecule has 0 aliphatic carbocycles. The molecule has 0 aromatic carbocycles. The molecule has 0 spiro atoms. The van der Waals surface area contributed by atoms with Gasteiger partial charge in [0, 0.05) is 39.4 Å². The minimum atomic E-state index is -3.58. The molecule has 0 amide bonds. The van der Waals surface area contributed by atoms with Gasteiger partial charge >= 0.3 is 0 Å². The van der Waals surface area contributed by atoms with E-state index < -0.39 is 10.0 Å². The van der Waals surface area contributed by atoms with E-state index in [1.54, 1.807) is 31.8 Å². The number of pyridine rings is 1. The van der Waals surface area contributed by atoms with Gasteiger partial charge in [0.1, 0.15) is 10.7 Å². The zero-order chi connectivity index (χ0) is 21.3. The standard InChI is InChI=1S/C19H24N8O2S/c1-14-19(15(2)25(3)24-14)30(28,29)27-12-10-26(11-13-27)18-8-7-17(22-23-18)21-16-6-4-5-9-20-16/h4-9H,10-13H2,1-3H3,(H,20,21,22). The van der Waals surface area contributed by atoms with Crippen molar-refractivity contribution in [1.82, 2.24) is 29.3 Å². The van der Waals surface area contributed by atoms with Crippen LogP contribution in [0.15, 0.2) is 41.4 Å². The summed E-state index contributed by atoms with van der Waals surface area (Å²) >= 11 is 0. The van der Waals surface area contributed by atoms with E-state index in [-0.39, 0.29) is 0 Å². The molecule has 158 valence electrons. The van der Waals surface area contributed by atoms with Gasteiger partial charge in [-0.05, 0) is 38.1 Å². The molecule has 3 aromatic rings. The Balaban J connectivity index is 1.42. The fraction of sp³-hybridized carbons (Fsp3) is 0.368. The van der Waals surface area contributed by atoms with Crippen molar-refractivity contribution in [2.45, 2.75) is 18.7 Å². The third-order valence-corrected chi connectivity index (χ3v) is 7.33. The number of nitrogens with one attached hydrogen (secondary N) is 1. The third kappa shape index (κ3) is 3.85. The van der Waals surface area contributed by atoms with Crippen LogP contribution < -0.4 is 10.2 Å². The summed E-state index contributed by atoms with van der Waals surface area (Å²) in [6, 6.07) is 9.29. The van der Waals surface area contributed by atoms with E-state index in [0.717, 1.165) is 0 Å². The smallest absolute Gasteiger partial charge is 0.246 e. The lowest BCUT2D eigenvalue weighted by Crippen LogP contribution is -2.49. The minimum absolute atomic E-state index is 0.309. The van der Waals surface area contributed by atoms with Crippen LogP contribution in [0.1, 0.15) is 11.4 Å². The molecule has 1 aliphatic heterocycles. The van der Waals surface area contributed by atoms with Gasteiger partial charge in [0.2, 0.25) is 10.0 Å².